The fourth-order valence-electron chi connectivity index (χ4n) is 0.785. The van der Waals surface area contributed by atoms with Gasteiger partial charge in [0.05, 0.1) is 18.1 Å². The quantitative estimate of drug-likeness (QED) is 0.352. The highest BCUT2D eigenvalue weighted by Gasteiger charge is 2.19. The predicted molar refractivity (Wildman–Crippen MR) is 57.9 cm³/mol. The van der Waals surface area contributed by atoms with E-state index in [0.29, 0.717) is 8.30 Å². The molecular formula is C6H4BrIN2O3. The minimum atomic E-state index is -0.507. The Morgan fingerprint density at radius 2 is 2.38 bits per heavy atom. The Hall–Kier alpha value is -0.440. The molecule has 0 aliphatic rings. The number of nitrogens with zero attached hydrogens (tertiary/aromatic N) is 2. The second kappa shape index (κ2) is 4.18. The van der Waals surface area contributed by atoms with Gasteiger partial charge in [0.15, 0.2) is 3.70 Å². The average molecular weight is 359 g/mol. The molecule has 0 N–H and O–H groups in total. The number of pyridine rings is 1. The van der Waals surface area contributed by atoms with Gasteiger partial charge in [-0.3, -0.25) is 10.1 Å². The molecule has 0 bridgehead atoms. The van der Waals surface area contributed by atoms with Gasteiger partial charge in [-0.05, 0) is 38.5 Å². The summed E-state index contributed by atoms with van der Waals surface area (Å²) in [6, 6.07) is 1.31. The molecule has 0 aliphatic heterocycles. The van der Waals surface area contributed by atoms with Crippen LogP contribution in [0.3, 0.4) is 0 Å². The maximum absolute atomic E-state index is 10.6. The van der Waals surface area contributed by atoms with Crippen LogP contribution in [0.15, 0.2) is 10.7 Å². The summed E-state index contributed by atoms with van der Waals surface area (Å²) in [5.41, 5.74) is -0.0891. The molecule has 1 aromatic heterocycles. The molecule has 0 saturated carbocycles. The summed E-state index contributed by atoms with van der Waals surface area (Å²) in [7, 11) is 1.38. The van der Waals surface area contributed by atoms with Gasteiger partial charge >= 0.3 is 5.69 Å². The van der Waals surface area contributed by atoms with Crippen LogP contribution in [0, 0.1) is 13.8 Å². The Labute approximate surface area is 95.9 Å². The van der Waals surface area contributed by atoms with Crippen molar-refractivity contribution in [3.05, 3.63) is 24.5 Å². The van der Waals surface area contributed by atoms with E-state index in [-0.39, 0.29) is 11.4 Å². The van der Waals surface area contributed by atoms with Crippen LogP contribution < -0.4 is 4.74 Å². The van der Waals surface area contributed by atoms with Crippen molar-refractivity contribution in [2.75, 3.05) is 7.11 Å². The van der Waals surface area contributed by atoms with Crippen LogP contribution in [0.5, 0.6) is 5.75 Å². The molecule has 13 heavy (non-hydrogen) atoms. The Kier molecular flexibility index (Phi) is 3.42. The average Bonchev–Trinajstić information content (AvgIpc) is 2.02. The van der Waals surface area contributed by atoms with E-state index in [9.17, 15) is 10.1 Å². The van der Waals surface area contributed by atoms with Crippen molar-refractivity contribution < 1.29 is 9.66 Å². The Balaban J connectivity index is 3.38. The van der Waals surface area contributed by atoms with Crippen molar-refractivity contribution in [3.63, 3.8) is 0 Å². The number of aromatic nitrogens is 1. The normalized spacial score (nSPS) is 9.77. The summed E-state index contributed by atoms with van der Waals surface area (Å²) >= 11 is 4.94. The number of halogens is 2. The van der Waals surface area contributed by atoms with Gasteiger partial charge in [0, 0.05) is 0 Å². The van der Waals surface area contributed by atoms with E-state index < -0.39 is 4.92 Å². The number of ether oxygens (including phenoxy) is 1. The lowest BCUT2D eigenvalue weighted by Crippen LogP contribution is -1.98. The molecule has 5 nitrogen and oxygen atoms in total. The van der Waals surface area contributed by atoms with Crippen LogP contribution in [0.4, 0.5) is 5.69 Å². The van der Waals surface area contributed by atoms with Crippen molar-refractivity contribution in [2.45, 2.75) is 0 Å². The third-order valence-corrected chi connectivity index (χ3v) is 2.42. The van der Waals surface area contributed by atoms with Crippen molar-refractivity contribution >= 4 is 44.2 Å². The van der Waals surface area contributed by atoms with E-state index in [1.165, 1.54) is 13.2 Å². The zero-order valence-corrected chi connectivity index (χ0v) is 10.2. The minimum Gasteiger partial charge on any atom is -0.488 e. The molecule has 70 valence electrons. The van der Waals surface area contributed by atoms with E-state index in [4.69, 9.17) is 4.74 Å². The zero-order valence-electron chi connectivity index (χ0n) is 6.45. The molecule has 0 saturated heterocycles. The van der Waals surface area contributed by atoms with E-state index >= 15 is 0 Å². The Bertz CT molecular complexity index is 358. The first kappa shape index (κ1) is 10.6. The molecule has 0 atom stereocenters. The molecule has 0 aromatic carbocycles. The van der Waals surface area contributed by atoms with Gasteiger partial charge in [0.25, 0.3) is 0 Å². The Morgan fingerprint density at radius 1 is 1.77 bits per heavy atom. The third kappa shape index (κ3) is 2.27. The summed E-state index contributed by atoms with van der Waals surface area (Å²) < 4.78 is 5.74. The number of hydrogen-bond donors (Lipinski definition) is 0. The molecule has 0 unspecified atom stereocenters. The van der Waals surface area contributed by atoms with Gasteiger partial charge in [0.2, 0.25) is 5.75 Å². The van der Waals surface area contributed by atoms with Crippen molar-refractivity contribution in [1.29, 1.82) is 0 Å². The van der Waals surface area contributed by atoms with Gasteiger partial charge in [-0.2, -0.15) is 0 Å². The van der Waals surface area contributed by atoms with Gasteiger partial charge < -0.3 is 4.74 Å². The summed E-state index contributed by atoms with van der Waals surface area (Å²) in [4.78, 5) is 14.0. The number of methoxy groups -OCH3 is 1. The molecule has 1 rings (SSSR count). The molecule has 0 amide bonds. The molecule has 1 heterocycles. The summed E-state index contributed by atoms with van der Waals surface area (Å²) in [5, 5.41) is 10.6. The second-order valence-electron chi connectivity index (χ2n) is 2.05. The molecule has 1 aromatic rings. The van der Waals surface area contributed by atoms with E-state index in [1.54, 1.807) is 0 Å². The molecule has 0 spiro atoms. The second-order valence-corrected chi connectivity index (χ2v) is 3.88. The molecule has 0 fully saturated rings. The predicted octanol–water partition coefficient (Wildman–Crippen LogP) is 2.37. The standard InChI is InChI=1S/C6H4BrIN2O3/c1-13-5-3(10(11)12)2-4(7)9-6(5)8/h2H,1H3. The largest absolute Gasteiger partial charge is 0.488 e. The maximum atomic E-state index is 10.6. The third-order valence-electron chi connectivity index (χ3n) is 1.28. The summed E-state index contributed by atoms with van der Waals surface area (Å²) in [6.45, 7) is 0. The first-order chi connectivity index (χ1) is 6.06. The SMILES string of the molecule is COc1c([N+](=O)[O-])cc(Br)nc1I. The first-order valence-electron chi connectivity index (χ1n) is 3.10. The van der Waals surface area contributed by atoms with Crippen LogP contribution in [-0.2, 0) is 0 Å². The van der Waals surface area contributed by atoms with Gasteiger partial charge in [-0.15, -0.1) is 0 Å². The molecule has 7 heteroatoms. The van der Waals surface area contributed by atoms with E-state index in [1.807, 2.05) is 22.6 Å². The van der Waals surface area contributed by atoms with Crippen molar-refractivity contribution in [2.24, 2.45) is 0 Å². The van der Waals surface area contributed by atoms with Crippen LogP contribution in [-0.4, -0.2) is 17.0 Å². The summed E-state index contributed by atoms with van der Waals surface area (Å²) in [6.07, 6.45) is 0. The maximum Gasteiger partial charge on any atom is 0.316 e. The topological polar surface area (TPSA) is 65.3 Å². The van der Waals surface area contributed by atoms with Crippen LogP contribution in [0.2, 0.25) is 0 Å². The number of nitro groups is 1. The van der Waals surface area contributed by atoms with Gasteiger partial charge in [-0.25, -0.2) is 4.98 Å². The number of rotatable bonds is 2. The van der Waals surface area contributed by atoms with Crippen LogP contribution in [0.1, 0.15) is 0 Å². The lowest BCUT2D eigenvalue weighted by molar-refractivity contribution is -0.386. The van der Waals surface area contributed by atoms with Crippen LogP contribution >= 0.6 is 38.5 Å². The fourth-order valence-corrected chi connectivity index (χ4v) is 2.27. The minimum absolute atomic E-state index is 0.0891. The van der Waals surface area contributed by atoms with Crippen molar-refractivity contribution in [1.82, 2.24) is 4.98 Å². The highest BCUT2D eigenvalue weighted by atomic mass is 127. The van der Waals surface area contributed by atoms with Gasteiger partial charge in [0.1, 0.15) is 4.60 Å². The monoisotopic (exact) mass is 358 g/mol. The smallest absolute Gasteiger partial charge is 0.316 e. The number of hydrogen-bond acceptors (Lipinski definition) is 4. The van der Waals surface area contributed by atoms with Crippen molar-refractivity contribution in [3.8, 4) is 5.75 Å². The zero-order chi connectivity index (χ0) is 10.0. The highest BCUT2D eigenvalue weighted by Crippen LogP contribution is 2.32. The highest BCUT2D eigenvalue weighted by molar-refractivity contribution is 14.1. The molecule has 0 radical (unpaired) electrons. The summed E-state index contributed by atoms with van der Waals surface area (Å²) in [5.74, 6) is 0.189. The molecular weight excluding hydrogens is 355 g/mol. The fraction of sp³-hybridized carbons (Fsp3) is 0.167. The van der Waals surface area contributed by atoms with Gasteiger partial charge in [-0.1, -0.05) is 0 Å². The molecule has 0 aliphatic carbocycles. The van der Waals surface area contributed by atoms with E-state index in [0.717, 1.165) is 0 Å². The van der Waals surface area contributed by atoms with E-state index in [2.05, 4.69) is 20.9 Å². The first-order valence-corrected chi connectivity index (χ1v) is 4.98. The lowest BCUT2D eigenvalue weighted by atomic mass is 10.4. The van der Waals surface area contributed by atoms with Crippen LogP contribution in [0.25, 0.3) is 0 Å². The lowest BCUT2D eigenvalue weighted by Gasteiger charge is -2.03. The Morgan fingerprint density at radius 3 is 2.85 bits per heavy atom.